The molecule has 5 heteroatoms. The minimum Gasteiger partial charge on any atom is -0.370 e. The van der Waals surface area contributed by atoms with Gasteiger partial charge in [0.1, 0.15) is 11.9 Å². The summed E-state index contributed by atoms with van der Waals surface area (Å²) in [6.45, 7) is 1.78. The van der Waals surface area contributed by atoms with Gasteiger partial charge in [0.25, 0.3) is 0 Å². The van der Waals surface area contributed by atoms with Crippen LogP contribution >= 0.6 is 0 Å². The van der Waals surface area contributed by atoms with Gasteiger partial charge >= 0.3 is 0 Å². The number of anilines is 1. The van der Waals surface area contributed by atoms with Crippen LogP contribution in [0.1, 0.15) is 12.0 Å². The van der Waals surface area contributed by atoms with Crippen LogP contribution in [0.25, 0.3) is 0 Å². The van der Waals surface area contributed by atoms with E-state index in [1.54, 1.807) is 24.8 Å². The first-order chi connectivity index (χ1) is 8.38. The molecule has 1 N–H and O–H groups in total. The Morgan fingerprint density at radius 3 is 3.00 bits per heavy atom. The molecule has 0 spiro atoms. The molecule has 0 atom stereocenters. The summed E-state index contributed by atoms with van der Waals surface area (Å²) in [5, 5.41) is 11.8. The second kappa shape index (κ2) is 5.66. The van der Waals surface area contributed by atoms with Crippen LogP contribution in [0.15, 0.2) is 37.1 Å². The second-order valence-corrected chi connectivity index (χ2v) is 3.62. The van der Waals surface area contributed by atoms with E-state index in [1.807, 2.05) is 22.9 Å². The standard InChI is InChI=1S/C12H13N5/c13-8-11-2-3-12(16-9-11)15-4-1-6-17-7-5-14-10-17/h2-3,5,7,9-10H,1,4,6H2,(H,15,16). The fourth-order valence-electron chi connectivity index (χ4n) is 1.46. The fourth-order valence-corrected chi connectivity index (χ4v) is 1.46. The predicted octanol–water partition coefficient (Wildman–Crippen LogP) is 1.65. The summed E-state index contributed by atoms with van der Waals surface area (Å²) in [4.78, 5) is 8.11. The van der Waals surface area contributed by atoms with Crippen molar-refractivity contribution in [2.24, 2.45) is 0 Å². The highest BCUT2D eigenvalue weighted by Crippen LogP contribution is 2.04. The third kappa shape index (κ3) is 3.31. The van der Waals surface area contributed by atoms with E-state index in [2.05, 4.69) is 15.3 Å². The number of hydrogen-bond acceptors (Lipinski definition) is 4. The molecule has 2 rings (SSSR count). The van der Waals surface area contributed by atoms with Crippen LogP contribution in [-0.4, -0.2) is 21.1 Å². The minimum atomic E-state index is 0.578. The Bertz CT molecular complexity index is 481. The summed E-state index contributed by atoms with van der Waals surface area (Å²) in [7, 11) is 0. The van der Waals surface area contributed by atoms with Crippen LogP contribution < -0.4 is 5.32 Å². The molecule has 0 unspecified atom stereocenters. The van der Waals surface area contributed by atoms with E-state index in [4.69, 9.17) is 5.26 Å². The normalized spacial score (nSPS) is 9.82. The third-order valence-corrected chi connectivity index (χ3v) is 2.35. The van der Waals surface area contributed by atoms with Gasteiger partial charge < -0.3 is 9.88 Å². The third-order valence-electron chi connectivity index (χ3n) is 2.35. The molecule has 2 heterocycles. The van der Waals surface area contributed by atoms with Crippen LogP contribution in [0.3, 0.4) is 0 Å². The number of nitriles is 1. The average Bonchev–Trinajstić information content (AvgIpc) is 2.88. The molecule has 17 heavy (non-hydrogen) atoms. The molecule has 0 aliphatic heterocycles. The summed E-state index contributed by atoms with van der Waals surface area (Å²) in [5.74, 6) is 0.801. The van der Waals surface area contributed by atoms with Crippen molar-refractivity contribution in [3.63, 3.8) is 0 Å². The zero-order chi connectivity index (χ0) is 11.9. The van der Waals surface area contributed by atoms with Gasteiger partial charge in [-0.05, 0) is 18.6 Å². The number of rotatable bonds is 5. The van der Waals surface area contributed by atoms with E-state index in [1.165, 1.54) is 0 Å². The van der Waals surface area contributed by atoms with Crippen molar-refractivity contribution in [1.82, 2.24) is 14.5 Å². The van der Waals surface area contributed by atoms with E-state index in [0.717, 1.165) is 25.3 Å². The second-order valence-electron chi connectivity index (χ2n) is 3.62. The molecule has 0 saturated carbocycles. The molecule has 0 aliphatic rings. The molecular weight excluding hydrogens is 214 g/mol. The van der Waals surface area contributed by atoms with Crippen LogP contribution in [-0.2, 0) is 6.54 Å². The highest BCUT2D eigenvalue weighted by atomic mass is 15.0. The first-order valence-corrected chi connectivity index (χ1v) is 5.44. The van der Waals surface area contributed by atoms with Crippen molar-refractivity contribution in [3.8, 4) is 6.07 Å². The van der Waals surface area contributed by atoms with E-state index >= 15 is 0 Å². The van der Waals surface area contributed by atoms with Crippen molar-refractivity contribution >= 4 is 5.82 Å². The summed E-state index contributed by atoms with van der Waals surface area (Å²) in [5.41, 5.74) is 0.578. The van der Waals surface area contributed by atoms with Crippen LogP contribution in [0, 0.1) is 11.3 Å². The van der Waals surface area contributed by atoms with Gasteiger partial charge in [-0.3, -0.25) is 0 Å². The summed E-state index contributed by atoms with van der Waals surface area (Å²) >= 11 is 0. The molecular formula is C12H13N5. The number of aryl methyl sites for hydroxylation is 1. The Balaban J connectivity index is 1.73. The van der Waals surface area contributed by atoms with Gasteiger partial charge in [0.05, 0.1) is 11.9 Å². The molecule has 2 aromatic heterocycles. The van der Waals surface area contributed by atoms with Crippen molar-refractivity contribution in [3.05, 3.63) is 42.6 Å². The molecule has 0 saturated heterocycles. The monoisotopic (exact) mass is 227 g/mol. The van der Waals surface area contributed by atoms with Crippen molar-refractivity contribution in [2.45, 2.75) is 13.0 Å². The zero-order valence-corrected chi connectivity index (χ0v) is 9.37. The molecule has 0 amide bonds. The van der Waals surface area contributed by atoms with E-state index < -0.39 is 0 Å². The SMILES string of the molecule is N#Cc1ccc(NCCCn2ccnc2)nc1. The van der Waals surface area contributed by atoms with Gasteiger partial charge in [0, 0.05) is 31.7 Å². The lowest BCUT2D eigenvalue weighted by atomic mass is 10.3. The van der Waals surface area contributed by atoms with Gasteiger partial charge in [-0.1, -0.05) is 0 Å². The van der Waals surface area contributed by atoms with E-state index in [0.29, 0.717) is 5.56 Å². The Morgan fingerprint density at radius 2 is 2.35 bits per heavy atom. The minimum absolute atomic E-state index is 0.578. The molecule has 0 aromatic carbocycles. The number of pyridine rings is 1. The maximum atomic E-state index is 8.63. The topological polar surface area (TPSA) is 66.5 Å². The van der Waals surface area contributed by atoms with E-state index in [9.17, 15) is 0 Å². The lowest BCUT2D eigenvalue weighted by molar-refractivity contribution is 0.660. The first-order valence-electron chi connectivity index (χ1n) is 5.44. The van der Waals surface area contributed by atoms with Crippen LogP contribution in [0.2, 0.25) is 0 Å². The van der Waals surface area contributed by atoms with Crippen molar-refractivity contribution in [1.29, 1.82) is 5.26 Å². The highest BCUT2D eigenvalue weighted by molar-refractivity contribution is 5.38. The van der Waals surface area contributed by atoms with Gasteiger partial charge in [-0.2, -0.15) is 5.26 Å². The molecule has 0 aliphatic carbocycles. The fraction of sp³-hybridized carbons (Fsp3) is 0.250. The first kappa shape index (κ1) is 11.1. The number of aromatic nitrogens is 3. The van der Waals surface area contributed by atoms with Gasteiger partial charge in [-0.25, -0.2) is 9.97 Å². The lowest BCUT2D eigenvalue weighted by Crippen LogP contribution is -2.06. The Hall–Kier alpha value is -2.35. The summed E-state index contributed by atoms with van der Waals surface area (Å²) in [6.07, 6.45) is 8.09. The van der Waals surface area contributed by atoms with Crippen LogP contribution in [0.5, 0.6) is 0 Å². The number of imidazole rings is 1. The molecule has 86 valence electrons. The van der Waals surface area contributed by atoms with Gasteiger partial charge in [0.2, 0.25) is 0 Å². The van der Waals surface area contributed by atoms with Gasteiger partial charge in [0.15, 0.2) is 0 Å². The quantitative estimate of drug-likeness (QED) is 0.789. The maximum Gasteiger partial charge on any atom is 0.125 e. The number of nitrogens with zero attached hydrogens (tertiary/aromatic N) is 4. The lowest BCUT2D eigenvalue weighted by Gasteiger charge is -2.05. The Kier molecular flexibility index (Phi) is 3.71. The number of hydrogen-bond donors (Lipinski definition) is 1. The predicted molar refractivity (Wildman–Crippen MR) is 64.3 cm³/mol. The molecule has 5 nitrogen and oxygen atoms in total. The van der Waals surface area contributed by atoms with Gasteiger partial charge in [-0.15, -0.1) is 0 Å². The summed E-state index contributed by atoms with van der Waals surface area (Å²) < 4.78 is 2.04. The average molecular weight is 227 g/mol. The Morgan fingerprint density at radius 1 is 1.41 bits per heavy atom. The zero-order valence-electron chi connectivity index (χ0n) is 9.37. The largest absolute Gasteiger partial charge is 0.370 e. The van der Waals surface area contributed by atoms with Crippen molar-refractivity contribution in [2.75, 3.05) is 11.9 Å². The number of nitrogens with one attached hydrogen (secondary N) is 1. The summed E-state index contributed by atoms with van der Waals surface area (Å²) in [6, 6.07) is 5.61. The van der Waals surface area contributed by atoms with E-state index in [-0.39, 0.29) is 0 Å². The van der Waals surface area contributed by atoms with Crippen molar-refractivity contribution < 1.29 is 0 Å². The molecule has 0 fully saturated rings. The maximum absolute atomic E-state index is 8.63. The Labute approximate surface area is 99.7 Å². The molecule has 0 radical (unpaired) electrons. The molecule has 2 aromatic rings. The van der Waals surface area contributed by atoms with Crippen LogP contribution in [0.4, 0.5) is 5.82 Å². The smallest absolute Gasteiger partial charge is 0.125 e. The highest BCUT2D eigenvalue weighted by Gasteiger charge is 1.95. The molecule has 0 bridgehead atoms.